The van der Waals surface area contributed by atoms with Crippen LogP contribution in [-0.4, -0.2) is 23.4 Å². The molecule has 0 amide bonds. The van der Waals surface area contributed by atoms with Crippen LogP contribution in [0.3, 0.4) is 0 Å². The molecule has 2 rings (SSSR count). The molecule has 20 heavy (non-hydrogen) atoms. The molecular weight excluding hydrogens is 254 g/mol. The minimum absolute atomic E-state index is 0.142. The highest BCUT2D eigenvalue weighted by atomic mass is 16.6. The van der Waals surface area contributed by atoms with Crippen molar-refractivity contribution in [3.8, 4) is 0 Å². The summed E-state index contributed by atoms with van der Waals surface area (Å²) in [4.78, 5) is 16.1. The van der Waals surface area contributed by atoms with Crippen LogP contribution in [0.1, 0.15) is 19.4 Å². The maximum Gasteiger partial charge on any atom is 0.348 e. The summed E-state index contributed by atoms with van der Waals surface area (Å²) in [7, 11) is 0. The van der Waals surface area contributed by atoms with Gasteiger partial charge in [-0.25, -0.2) is 4.79 Å². The molecule has 0 saturated carbocycles. The fourth-order valence-electron chi connectivity index (χ4n) is 1.97. The van der Waals surface area contributed by atoms with E-state index in [0.29, 0.717) is 0 Å². The molecular formula is C16H17NO3. The summed E-state index contributed by atoms with van der Waals surface area (Å²) in [5, 5.41) is 15.0. The lowest BCUT2D eigenvalue weighted by molar-refractivity contribution is -0.153. The normalized spacial score (nSPS) is 12.9. The molecule has 0 radical (unpaired) electrons. The fourth-order valence-corrected chi connectivity index (χ4v) is 1.97. The zero-order valence-corrected chi connectivity index (χ0v) is 11.5. The van der Waals surface area contributed by atoms with Crippen LogP contribution in [0.5, 0.6) is 0 Å². The van der Waals surface area contributed by atoms with E-state index in [1.54, 1.807) is 20.1 Å². The average molecular weight is 271 g/mol. The molecule has 2 aromatic rings. The van der Waals surface area contributed by atoms with E-state index in [0.717, 1.165) is 16.3 Å². The van der Waals surface area contributed by atoms with Gasteiger partial charge >= 0.3 is 5.97 Å². The minimum Gasteiger partial charge on any atom is -0.478 e. The molecule has 1 atom stereocenters. The first kappa shape index (κ1) is 14.1. The van der Waals surface area contributed by atoms with Gasteiger partial charge in [0, 0.05) is 11.5 Å². The second-order valence-electron chi connectivity index (χ2n) is 4.91. The second kappa shape index (κ2) is 6.19. The van der Waals surface area contributed by atoms with Crippen molar-refractivity contribution in [2.75, 3.05) is 0 Å². The molecule has 0 saturated heterocycles. The lowest BCUT2D eigenvalue weighted by Crippen LogP contribution is -2.27. The number of carboxylic acids is 1. The number of aliphatic carboxylic acids is 1. The first-order valence-corrected chi connectivity index (χ1v) is 6.49. The molecule has 0 aromatic heterocycles. The summed E-state index contributed by atoms with van der Waals surface area (Å²) in [6, 6.07) is 13.8. The summed E-state index contributed by atoms with van der Waals surface area (Å²) in [6.07, 6.45) is 0.627. The van der Waals surface area contributed by atoms with E-state index in [9.17, 15) is 4.79 Å². The highest BCUT2D eigenvalue weighted by Gasteiger charge is 2.23. The predicted molar refractivity (Wildman–Crippen MR) is 78.9 cm³/mol. The Labute approximate surface area is 117 Å². The number of rotatable bonds is 5. The van der Waals surface area contributed by atoms with Crippen LogP contribution in [0, 0.1) is 5.92 Å². The number of carbonyl (C=O) groups is 1. The van der Waals surface area contributed by atoms with E-state index >= 15 is 0 Å². The molecule has 2 aromatic carbocycles. The number of nitrogens with zero attached hydrogens (tertiary/aromatic N) is 1. The SMILES string of the molecule is CC(C)C(ON=Cc1cccc2ccccc12)C(=O)O. The van der Waals surface area contributed by atoms with Crippen molar-refractivity contribution in [1.29, 1.82) is 0 Å². The third-order valence-electron chi connectivity index (χ3n) is 3.04. The Morgan fingerprint density at radius 2 is 1.90 bits per heavy atom. The van der Waals surface area contributed by atoms with Gasteiger partial charge in [0.25, 0.3) is 0 Å². The average Bonchev–Trinajstić information content (AvgIpc) is 2.42. The van der Waals surface area contributed by atoms with Crippen molar-refractivity contribution >= 4 is 23.0 Å². The molecule has 0 heterocycles. The first-order chi connectivity index (χ1) is 9.59. The van der Waals surface area contributed by atoms with Gasteiger partial charge in [-0.3, -0.25) is 0 Å². The van der Waals surface area contributed by atoms with Gasteiger partial charge in [-0.1, -0.05) is 61.5 Å². The molecule has 104 valence electrons. The molecule has 4 nitrogen and oxygen atoms in total. The summed E-state index contributed by atoms with van der Waals surface area (Å²) in [5.41, 5.74) is 0.899. The van der Waals surface area contributed by atoms with E-state index < -0.39 is 12.1 Å². The van der Waals surface area contributed by atoms with E-state index in [1.165, 1.54) is 0 Å². The predicted octanol–water partition coefficient (Wildman–Crippen LogP) is 3.30. The monoisotopic (exact) mass is 271 g/mol. The standard InChI is InChI=1S/C16H17NO3/c1-11(2)15(16(18)19)20-17-10-13-8-5-7-12-6-3-4-9-14(12)13/h3-11,15H,1-2H3,(H,18,19). The Morgan fingerprint density at radius 3 is 2.60 bits per heavy atom. The summed E-state index contributed by atoms with van der Waals surface area (Å²) in [6.45, 7) is 3.57. The van der Waals surface area contributed by atoms with Crippen molar-refractivity contribution in [1.82, 2.24) is 0 Å². The van der Waals surface area contributed by atoms with Gasteiger partial charge in [0.1, 0.15) is 0 Å². The largest absolute Gasteiger partial charge is 0.478 e. The van der Waals surface area contributed by atoms with E-state index in [1.807, 2.05) is 42.5 Å². The third kappa shape index (κ3) is 3.15. The lowest BCUT2D eigenvalue weighted by Gasteiger charge is -2.13. The highest BCUT2D eigenvalue weighted by molar-refractivity contribution is 5.99. The quantitative estimate of drug-likeness (QED) is 0.670. The highest BCUT2D eigenvalue weighted by Crippen LogP contribution is 2.17. The number of fused-ring (bicyclic) bond motifs is 1. The first-order valence-electron chi connectivity index (χ1n) is 6.49. The van der Waals surface area contributed by atoms with Gasteiger partial charge in [0.05, 0.1) is 6.21 Å². The van der Waals surface area contributed by atoms with Crippen LogP contribution in [0.15, 0.2) is 47.6 Å². The van der Waals surface area contributed by atoms with E-state index in [4.69, 9.17) is 9.94 Å². The molecule has 0 bridgehead atoms. The van der Waals surface area contributed by atoms with Gasteiger partial charge < -0.3 is 9.94 Å². The third-order valence-corrected chi connectivity index (χ3v) is 3.04. The Kier molecular flexibility index (Phi) is 4.35. The molecule has 4 heteroatoms. The van der Waals surface area contributed by atoms with Crippen LogP contribution in [0.25, 0.3) is 10.8 Å². The number of carboxylic acid groups (broad SMARTS) is 1. The van der Waals surface area contributed by atoms with Crippen LogP contribution in [-0.2, 0) is 9.63 Å². The summed E-state index contributed by atoms with van der Waals surface area (Å²) < 4.78 is 0. The number of hydrogen-bond acceptors (Lipinski definition) is 3. The molecule has 0 aliphatic rings. The van der Waals surface area contributed by atoms with Gasteiger partial charge in [-0.2, -0.15) is 0 Å². The molecule has 1 N–H and O–H groups in total. The maximum absolute atomic E-state index is 11.0. The van der Waals surface area contributed by atoms with Crippen LogP contribution >= 0.6 is 0 Å². The number of oxime groups is 1. The zero-order valence-electron chi connectivity index (χ0n) is 11.5. The summed E-state index contributed by atoms with van der Waals surface area (Å²) >= 11 is 0. The Morgan fingerprint density at radius 1 is 1.20 bits per heavy atom. The van der Waals surface area contributed by atoms with Gasteiger partial charge in [0.2, 0.25) is 6.10 Å². The smallest absolute Gasteiger partial charge is 0.348 e. The van der Waals surface area contributed by atoms with E-state index in [-0.39, 0.29) is 5.92 Å². The zero-order chi connectivity index (χ0) is 14.5. The molecule has 1 unspecified atom stereocenters. The topological polar surface area (TPSA) is 58.9 Å². The molecule has 0 spiro atoms. The second-order valence-corrected chi connectivity index (χ2v) is 4.91. The molecule has 0 fully saturated rings. The fraction of sp³-hybridized carbons (Fsp3) is 0.250. The Bertz CT molecular complexity index is 629. The maximum atomic E-state index is 11.0. The van der Waals surface area contributed by atoms with Gasteiger partial charge in [-0.15, -0.1) is 0 Å². The van der Waals surface area contributed by atoms with Crippen LogP contribution in [0.4, 0.5) is 0 Å². The van der Waals surface area contributed by atoms with Crippen molar-refractivity contribution in [3.63, 3.8) is 0 Å². The van der Waals surface area contributed by atoms with Crippen LogP contribution in [0.2, 0.25) is 0 Å². The lowest BCUT2D eigenvalue weighted by atomic mass is 10.1. The summed E-state index contributed by atoms with van der Waals surface area (Å²) in [5.74, 6) is -1.15. The van der Waals surface area contributed by atoms with Crippen molar-refractivity contribution < 1.29 is 14.7 Å². The number of benzene rings is 2. The number of hydrogen-bond donors (Lipinski definition) is 1. The van der Waals surface area contributed by atoms with Crippen molar-refractivity contribution in [2.45, 2.75) is 20.0 Å². The van der Waals surface area contributed by atoms with Gasteiger partial charge in [0.15, 0.2) is 0 Å². The van der Waals surface area contributed by atoms with Crippen molar-refractivity contribution in [2.24, 2.45) is 11.1 Å². The molecule has 0 aliphatic heterocycles. The minimum atomic E-state index is -1.00. The van der Waals surface area contributed by atoms with Crippen LogP contribution < -0.4 is 0 Å². The Hall–Kier alpha value is -2.36. The molecule has 0 aliphatic carbocycles. The van der Waals surface area contributed by atoms with E-state index in [2.05, 4.69) is 5.16 Å². The Balaban J connectivity index is 2.20. The van der Waals surface area contributed by atoms with Gasteiger partial charge in [-0.05, 0) is 10.8 Å². The van der Waals surface area contributed by atoms with Crippen molar-refractivity contribution in [3.05, 3.63) is 48.0 Å².